The van der Waals surface area contributed by atoms with Crippen molar-refractivity contribution in [3.8, 4) is 0 Å². The van der Waals surface area contributed by atoms with E-state index in [2.05, 4.69) is 5.32 Å². The number of benzene rings is 1. The molecule has 1 fully saturated rings. The van der Waals surface area contributed by atoms with Gasteiger partial charge in [-0.2, -0.15) is 0 Å². The van der Waals surface area contributed by atoms with E-state index in [0.29, 0.717) is 12.3 Å². The molecule has 1 aliphatic heterocycles. The lowest BCUT2D eigenvalue weighted by Gasteiger charge is -2.32. The van der Waals surface area contributed by atoms with Gasteiger partial charge in [-0.3, -0.25) is 4.79 Å². The quantitative estimate of drug-likeness (QED) is 0.866. The molecule has 2 rings (SSSR count). The number of para-hydroxylation sites is 1. The Balaban J connectivity index is 1.71. The van der Waals surface area contributed by atoms with Gasteiger partial charge in [0.2, 0.25) is 5.91 Å². The third kappa shape index (κ3) is 5.25. The van der Waals surface area contributed by atoms with Crippen LogP contribution in [0, 0.1) is 5.92 Å². The third-order valence-electron chi connectivity index (χ3n) is 4.81. The molecule has 5 nitrogen and oxygen atoms in total. The zero-order valence-electron chi connectivity index (χ0n) is 14.8. The second-order valence-electron chi connectivity index (χ2n) is 6.33. The van der Waals surface area contributed by atoms with Crippen LogP contribution in [0.2, 0.25) is 0 Å². The topological polar surface area (TPSA) is 52.7 Å². The molecule has 1 aliphatic rings. The predicted octanol–water partition coefficient (Wildman–Crippen LogP) is 3.58. The smallest absolute Gasteiger partial charge is 0.321 e. The first-order valence-corrected chi connectivity index (χ1v) is 9.02. The molecule has 1 saturated heterocycles. The van der Waals surface area contributed by atoms with Gasteiger partial charge in [0.15, 0.2) is 0 Å². The molecule has 24 heavy (non-hydrogen) atoms. The highest BCUT2D eigenvalue weighted by atomic mass is 16.2. The molecule has 5 heteroatoms. The van der Waals surface area contributed by atoms with Gasteiger partial charge in [0.1, 0.15) is 0 Å². The third-order valence-corrected chi connectivity index (χ3v) is 4.81. The molecule has 1 heterocycles. The summed E-state index contributed by atoms with van der Waals surface area (Å²) in [4.78, 5) is 28.1. The molecule has 0 aromatic heterocycles. The molecule has 0 bridgehead atoms. The summed E-state index contributed by atoms with van der Waals surface area (Å²) in [5, 5.41) is 2.93. The Hall–Kier alpha value is -2.04. The Morgan fingerprint density at radius 2 is 1.75 bits per heavy atom. The molecule has 132 valence electrons. The van der Waals surface area contributed by atoms with Gasteiger partial charge in [-0.1, -0.05) is 18.2 Å². The van der Waals surface area contributed by atoms with Crippen molar-refractivity contribution in [3.63, 3.8) is 0 Å². The number of carbonyl (C=O) groups is 2. The van der Waals surface area contributed by atoms with Crippen molar-refractivity contribution in [1.29, 1.82) is 0 Å². The largest absolute Gasteiger partial charge is 0.343 e. The van der Waals surface area contributed by atoms with Gasteiger partial charge in [0.05, 0.1) is 0 Å². The van der Waals surface area contributed by atoms with Crippen molar-refractivity contribution < 1.29 is 9.59 Å². The number of nitrogens with zero attached hydrogens (tertiary/aromatic N) is 2. The minimum atomic E-state index is -0.0288. The van der Waals surface area contributed by atoms with E-state index in [9.17, 15) is 9.59 Å². The fourth-order valence-electron chi connectivity index (χ4n) is 3.21. The number of urea groups is 1. The van der Waals surface area contributed by atoms with Crippen LogP contribution in [-0.4, -0.2) is 47.9 Å². The van der Waals surface area contributed by atoms with Crippen molar-refractivity contribution in [2.75, 3.05) is 31.5 Å². The van der Waals surface area contributed by atoms with E-state index in [1.165, 1.54) is 0 Å². The minimum absolute atomic E-state index is 0.0288. The summed E-state index contributed by atoms with van der Waals surface area (Å²) in [5.74, 6) is 0.800. The van der Waals surface area contributed by atoms with E-state index in [4.69, 9.17) is 0 Å². The fraction of sp³-hybridized carbons (Fsp3) is 0.579. The van der Waals surface area contributed by atoms with Gasteiger partial charge in [-0.05, 0) is 51.2 Å². The first kappa shape index (κ1) is 18.3. The van der Waals surface area contributed by atoms with Crippen LogP contribution in [0.4, 0.5) is 10.5 Å². The van der Waals surface area contributed by atoms with Gasteiger partial charge in [-0.25, -0.2) is 4.79 Å². The average molecular weight is 331 g/mol. The highest BCUT2D eigenvalue weighted by molar-refractivity contribution is 5.89. The number of carbonyl (C=O) groups excluding carboxylic acids is 2. The SMILES string of the molecule is CCN(CC)C(=O)CCC1CCN(C(=O)Nc2ccccc2)CC1. The second kappa shape index (κ2) is 9.30. The maximum atomic E-state index is 12.3. The van der Waals surface area contributed by atoms with Crippen LogP contribution in [0.1, 0.15) is 39.5 Å². The van der Waals surface area contributed by atoms with E-state index in [1.807, 2.05) is 54.0 Å². The van der Waals surface area contributed by atoms with Crippen LogP contribution < -0.4 is 5.32 Å². The highest BCUT2D eigenvalue weighted by Gasteiger charge is 2.23. The van der Waals surface area contributed by atoms with Crippen molar-refractivity contribution >= 4 is 17.6 Å². The number of hydrogen-bond donors (Lipinski definition) is 1. The second-order valence-corrected chi connectivity index (χ2v) is 6.33. The van der Waals surface area contributed by atoms with Gasteiger partial charge >= 0.3 is 6.03 Å². The molecule has 0 spiro atoms. The van der Waals surface area contributed by atoms with Crippen molar-refractivity contribution in [2.24, 2.45) is 5.92 Å². The average Bonchev–Trinajstić information content (AvgIpc) is 2.62. The lowest BCUT2D eigenvalue weighted by Crippen LogP contribution is -2.41. The fourth-order valence-corrected chi connectivity index (χ4v) is 3.21. The Kier molecular flexibility index (Phi) is 7.09. The summed E-state index contributed by atoms with van der Waals surface area (Å²) in [5.41, 5.74) is 0.828. The van der Waals surface area contributed by atoms with E-state index in [1.54, 1.807) is 0 Å². The predicted molar refractivity (Wildman–Crippen MR) is 96.9 cm³/mol. The Bertz CT molecular complexity index is 521. The molecule has 3 amide bonds. The van der Waals surface area contributed by atoms with Gasteiger partial charge in [0.25, 0.3) is 0 Å². The Labute approximate surface area is 145 Å². The lowest BCUT2D eigenvalue weighted by molar-refractivity contribution is -0.131. The molecule has 1 aromatic carbocycles. The summed E-state index contributed by atoms with van der Waals surface area (Å²) in [7, 11) is 0. The summed E-state index contributed by atoms with van der Waals surface area (Å²) in [6.07, 6.45) is 3.52. The van der Waals surface area contributed by atoms with Gasteiger partial charge in [-0.15, -0.1) is 0 Å². The van der Waals surface area contributed by atoms with Crippen molar-refractivity contribution in [1.82, 2.24) is 9.80 Å². The van der Waals surface area contributed by atoms with Crippen LogP contribution in [0.3, 0.4) is 0 Å². The highest BCUT2D eigenvalue weighted by Crippen LogP contribution is 2.23. The molecular weight excluding hydrogens is 302 g/mol. The zero-order chi connectivity index (χ0) is 17.4. The number of rotatable bonds is 6. The Morgan fingerprint density at radius 3 is 2.33 bits per heavy atom. The number of amides is 3. The van der Waals surface area contributed by atoms with Crippen LogP contribution in [0.25, 0.3) is 0 Å². The van der Waals surface area contributed by atoms with Crippen LogP contribution in [-0.2, 0) is 4.79 Å². The number of hydrogen-bond acceptors (Lipinski definition) is 2. The molecule has 1 N–H and O–H groups in total. The van der Waals surface area contributed by atoms with Gasteiger partial charge in [0, 0.05) is 38.3 Å². The van der Waals surface area contributed by atoms with E-state index < -0.39 is 0 Å². The monoisotopic (exact) mass is 331 g/mol. The van der Waals surface area contributed by atoms with Crippen LogP contribution in [0.5, 0.6) is 0 Å². The minimum Gasteiger partial charge on any atom is -0.343 e. The number of piperidine rings is 1. The molecule has 0 atom stereocenters. The lowest BCUT2D eigenvalue weighted by atomic mass is 9.92. The molecular formula is C19H29N3O2. The Morgan fingerprint density at radius 1 is 1.12 bits per heavy atom. The molecule has 0 unspecified atom stereocenters. The van der Waals surface area contributed by atoms with E-state index in [-0.39, 0.29) is 11.9 Å². The summed E-state index contributed by atoms with van der Waals surface area (Å²) in [6.45, 7) is 7.14. The standard InChI is InChI=1S/C19H29N3O2/c1-3-21(4-2)18(23)11-10-16-12-14-22(15-13-16)19(24)20-17-8-6-5-7-9-17/h5-9,16H,3-4,10-15H2,1-2H3,(H,20,24). The first-order valence-electron chi connectivity index (χ1n) is 9.02. The summed E-state index contributed by atoms with van der Waals surface area (Å²) in [6, 6.07) is 9.51. The van der Waals surface area contributed by atoms with Crippen molar-refractivity contribution in [3.05, 3.63) is 30.3 Å². The van der Waals surface area contributed by atoms with Crippen molar-refractivity contribution in [2.45, 2.75) is 39.5 Å². The van der Waals surface area contributed by atoms with E-state index in [0.717, 1.165) is 51.1 Å². The van der Waals surface area contributed by atoms with Crippen LogP contribution >= 0.6 is 0 Å². The zero-order valence-corrected chi connectivity index (χ0v) is 14.8. The maximum absolute atomic E-state index is 12.3. The van der Waals surface area contributed by atoms with Gasteiger partial charge < -0.3 is 15.1 Å². The summed E-state index contributed by atoms with van der Waals surface area (Å²) < 4.78 is 0. The summed E-state index contributed by atoms with van der Waals surface area (Å²) >= 11 is 0. The molecule has 1 aromatic rings. The number of anilines is 1. The van der Waals surface area contributed by atoms with Crippen LogP contribution in [0.15, 0.2) is 30.3 Å². The first-order chi connectivity index (χ1) is 11.6. The number of likely N-dealkylation sites (tertiary alicyclic amines) is 1. The van der Waals surface area contributed by atoms with E-state index >= 15 is 0 Å². The maximum Gasteiger partial charge on any atom is 0.321 e. The number of nitrogens with one attached hydrogen (secondary N) is 1. The molecule has 0 aliphatic carbocycles. The normalized spacial score (nSPS) is 15.2. The molecule has 0 saturated carbocycles. The molecule has 0 radical (unpaired) electrons.